The van der Waals surface area contributed by atoms with Gasteiger partial charge in [0.1, 0.15) is 0 Å². The first-order valence-corrected chi connectivity index (χ1v) is 9.88. The second-order valence-electron chi connectivity index (χ2n) is 8.11. The van der Waals surface area contributed by atoms with Crippen LogP contribution in [0.5, 0.6) is 11.5 Å². The van der Waals surface area contributed by atoms with Crippen molar-refractivity contribution in [2.75, 3.05) is 13.2 Å². The molecule has 0 aromatic heterocycles. The summed E-state index contributed by atoms with van der Waals surface area (Å²) in [6, 6.07) is 4.09. The van der Waals surface area contributed by atoms with Crippen LogP contribution in [0.15, 0.2) is 29.5 Å². The monoisotopic (exact) mass is 389 g/mol. The van der Waals surface area contributed by atoms with Crippen LogP contribution in [0, 0.1) is 5.41 Å². The van der Waals surface area contributed by atoms with E-state index in [4.69, 9.17) is 4.74 Å². The predicted molar refractivity (Wildman–Crippen MR) is 107 cm³/mol. The first-order chi connectivity index (χ1) is 13.1. The van der Waals surface area contributed by atoms with Gasteiger partial charge in [-0.3, -0.25) is 9.59 Å². The van der Waals surface area contributed by atoms with Gasteiger partial charge in [-0.25, -0.2) is 0 Å². The van der Waals surface area contributed by atoms with Gasteiger partial charge in [-0.15, -0.1) is 0 Å². The van der Waals surface area contributed by atoms with Gasteiger partial charge in [-0.05, 0) is 31.0 Å². The summed E-state index contributed by atoms with van der Waals surface area (Å²) in [5.41, 5.74) is -0.00843. The molecule has 154 valence electrons. The smallest absolute Gasteiger partial charge is 0.290 e. The van der Waals surface area contributed by atoms with Crippen molar-refractivity contribution < 1.29 is 24.5 Å². The van der Waals surface area contributed by atoms with Crippen molar-refractivity contribution in [2.24, 2.45) is 5.41 Å². The van der Waals surface area contributed by atoms with E-state index >= 15 is 0 Å². The lowest BCUT2D eigenvalue weighted by Crippen LogP contribution is -2.33. The molecule has 1 heterocycles. The fourth-order valence-corrected chi connectivity index (χ4v) is 3.37. The number of ether oxygens (including phenoxy) is 1. The molecule has 1 aromatic rings. The molecule has 0 radical (unpaired) electrons. The molecule has 2 rings (SSSR count). The Bertz CT molecular complexity index is 776. The largest absolute Gasteiger partial charge is 0.504 e. The summed E-state index contributed by atoms with van der Waals surface area (Å²) in [6.45, 7) is 9.98. The standard InChI is InChI=1S/C22H31NO5/c1-6-8-9-12-23-18(14-10-11-15(24)16(13-14)28-7-2)17(19(25)21(23)27)20(26)22(3,4)5/h10-11,13,18,24-25H,6-9,12H2,1-5H3. The van der Waals surface area contributed by atoms with E-state index in [1.807, 2.05) is 6.92 Å². The topological polar surface area (TPSA) is 87.1 Å². The number of aliphatic hydroxyl groups is 1. The van der Waals surface area contributed by atoms with E-state index < -0.39 is 23.1 Å². The maximum Gasteiger partial charge on any atom is 0.290 e. The maximum absolute atomic E-state index is 13.1. The van der Waals surface area contributed by atoms with Gasteiger partial charge in [-0.2, -0.15) is 0 Å². The summed E-state index contributed by atoms with van der Waals surface area (Å²) in [6.07, 6.45) is 2.71. The van der Waals surface area contributed by atoms with Gasteiger partial charge >= 0.3 is 0 Å². The quantitative estimate of drug-likeness (QED) is 0.648. The highest BCUT2D eigenvalue weighted by Gasteiger charge is 2.45. The van der Waals surface area contributed by atoms with Crippen molar-refractivity contribution in [2.45, 2.75) is 59.9 Å². The number of nitrogens with zero attached hydrogens (tertiary/aromatic N) is 1. The van der Waals surface area contributed by atoms with Crippen LogP contribution in [0.2, 0.25) is 0 Å². The number of aliphatic hydroxyl groups excluding tert-OH is 1. The summed E-state index contributed by atoms with van der Waals surface area (Å²) in [4.78, 5) is 27.4. The number of amides is 1. The minimum absolute atomic E-state index is 0.00986. The Labute approximate surface area is 166 Å². The zero-order valence-corrected chi connectivity index (χ0v) is 17.4. The van der Waals surface area contributed by atoms with Crippen molar-refractivity contribution in [3.63, 3.8) is 0 Å². The van der Waals surface area contributed by atoms with Gasteiger partial charge in [0.05, 0.1) is 18.2 Å². The molecular weight excluding hydrogens is 358 g/mol. The maximum atomic E-state index is 13.1. The molecule has 2 N–H and O–H groups in total. The Balaban J connectivity index is 2.55. The number of unbranched alkanes of at least 4 members (excludes halogenated alkanes) is 2. The van der Waals surface area contributed by atoms with Crippen LogP contribution in [-0.4, -0.2) is 40.0 Å². The summed E-state index contributed by atoms with van der Waals surface area (Å²) in [5, 5.41) is 20.6. The number of aromatic hydroxyl groups is 1. The molecule has 1 unspecified atom stereocenters. The van der Waals surface area contributed by atoms with E-state index in [1.54, 1.807) is 37.8 Å². The molecule has 0 fully saturated rings. The number of carbonyl (C=O) groups excluding carboxylic acids is 2. The lowest BCUT2D eigenvalue weighted by Gasteiger charge is -2.29. The number of Topliss-reactive ketones (excluding diaryl/α,β-unsaturated/α-hetero) is 1. The van der Waals surface area contributed by atoms with Crippen LogP contribution in [-0.2, 0) is 9.59 Å². The third-order valence-electron chi connectivity index (χ3n) is 4.83. The minimum atomic E-state index is -0.749. The van der Waals surface area contributed by atoms with Gasteiger partial charge in [0.2, 0.25) is 0 Å². The number of rotatable bonds is 8. The van der Waals surface area contributed by atoms with E-state index in [0.717, 1.165) is 19.3 Å². The molecule has 1 atom stereocenters. The molecule has 28 heavy (non-hydrogen) atoms. The molecule has 1 aliphatic rings. The fraction of sp³-hybridized carbons (Fsp3) is 0.545. The zero-order valence-electron chi connectivity index (χ0n) is 17.4. The third kappa shape index (κ3) is 4.32. The molecule has 1 amide bonds. The summed E-state index contributed by atoms with van der Waals surface area (Å²) < 4.78 is 5.47. The number of phenols is 1. The second-order valence-corrected chi connectivity index (χ2v) is 8.11. The highest BCUT2D eigenvalue weighted by atomic mass is 16.5. The molecule has 0 saturated heterocycles. The van der Waals surface area contributed by atoms with E-state index in [9.17, 15) is 19.8 Å². The summed E-state index contributed by atoms with van der Waals surface area (Å²) in [5.74, 6) is -1.00. The van der Waals surface area contributed by atoms with Crippen molar-refractivity contribution in [1.82, 2.24) is 4.90 Å². The Morgan fingerprint density at radius 2 is 1.86 bits per heavy atom. The van der Waals surface area contributed by atoms with Gasteiger partial charge in [0.25, 0.3) is 5.91 Å². The number of hydrogen-bond acceptors (Lipinski definition) is 5. The lowest BCUT2D eigenvalue weighted by molar-refractivity contribution is -0.129. The molecule has 0 saturated carbocycles. The van der Waals surface area contributed by atoms with Crippen LogP contribution in [0.4, 0.5) is 0 Å². The fourth-order valence-electron chi connectivity index (χ4n) is 3.37. The minimum Gasteiger partial charge on any atom is -0.504 e. The SMILES string of the molecule is CCCCCN1C(=O)C(O)=C(C(=O)C(C)(C)C)C1c1ccc(O)c(OCC)c1. The Morgan fingerprint density at radius 1 is 1.18 bits per heavy atom. The van der Waals surface area contributed by atoms with Crippen molar-refractivity contribution >= 4 is 11.7 Å². The molecule has 6 heteroatoms. The van der Waals surface area contributed by atoms with E-state index in [0.29, 0.717) is 18.7 Å². The number of phenolic OH excluding ortho intramolecular Hbond substituents is 1. The van der Waals surface area contributed by atoms with Crippen molar-refractivity contribution in [3.8, 4) is 11.5 Å². The lowest BCUT2D eigenvalue weighted by atomic mass is 9.82. The number of hydrogen-bond donors (Lipinski definition) is 2. The number of ketones is 1. The van der Waals surface area contributed by atoms with E-state index in [1.165, 1.54) is 6.07 Å². The Morgan fingerprint density at radius 3 is 2.43 bits per heavy atom. The molecule has 0 bridgehead atoms. The molecule has 1 aromatic carbocycles. The van der Waals surface area contributed by atoms with Crippen LogP contribution in [0.3, 0.4) is 0 Å². The van der Waals surface area contributed by atoms with Crippen LogP contribution in [0.25, 0.3) is 0 Å². The highest BCUT2D eigenvalue weighted by molar-refractivity contribution is 6.10. The van der Waals surface area contributed by atoms with E-state index in [2.05, 4.69) is 6.92 Å². The summed E-state index contributed by atoms with van der Waals surface area (Å²) >= 11 is 0. The second kappa shape index (κ2) is 8.67. The molecule has 1 aliphatic heterocycles. The normalized spacial score (nSPS) is 17.4. The average Bonchev–Trinajstić information content (AvgIpc) is 2.87. The first kappa shape index (κ1) is 21.8. The predicted octanol–water partition coefficient (Wildman–Crippen LogP) is 4.29. The molecule has 0 aliphatic carbocycles. The van der Waals surface area contributed by atoms with Gasteiger partial charge in [-0.1, -0.05) is 46.6 Å². The highest BCUT2D eigenvalue weighted by Crippen LogP contribution is 2.43. The van der Waals surface area contributed by atoms with Gasteiger partial charge in [0, 0.05) is 12.0 Å². The Hall–Kier alpha value is -2.50. The number of benzene rings is 1. The summed E-state index contributed by atoms with van der Waals surface area (Å²) in [7, 11) is 0. The van der Waals surface area contributed by atoms with Crippen molar-refractivity contribution in [3.05, 3.63) is 35.1 Å². The average molecular weight is 389 g/mol. The third-order valence-corrected chi connectivity index (χ3v) is 4.83. The Kier molecular flexibility index (Phi) is 6.75. The zero-order chi connectivity index (χ0) is 21.1. The van der Waals surface area contributed by atoms with Gasteiger partial charge < -0.3 is 19.8 Å². The first-order valence-electron chi connectivity index (χ1n) is 9.88. The van der Waals surface area contributed by atoms with Crippen LogP contribution >= 0.6 is 0 Å². The van der Waals surface area contributed by atoms with Crippen LogP contribution in [0.1, 0.15) is 65.5 Å². The molecular formula is C22H31NO5. The van der Waals surface area contributed by atoms with Gasteiger partial charge in [0.15, 0.2) is 23.0 Å². The number of carbonyl (C=O) groups is 2. The van der Waals surface area contributed by atoms with Crippen molar-refractivity contribution in [1.29, 1.82) is 0 Å². The van der Waals surface area contributed by atoms with Crippen LogP contribution < -0.4 is 4.74 Å². The molecule has 6 nitrogen and oxygen atoms in total. The van der Waals surface area contributed by atoms with E-state index in [-0.39, 0.29) is 22.9 Å². The molecule has 0 spiro atoms.